The molecule has 0 saturated heterocycles. The first-order chi connectivity index (χ1) is 10.1. The fourth-order valence-corrected chi connectivity index (χ4v) is 1.92. The third-order valence-corrected chi connectivity index (χ3v) is 3.58. The maximum Gasteiger partial charge on any atom is 0.316 e. The average Bonchev–Trinajstić information content (AvgIpc) is 2.36. The maximum atomic E-state index is 12.3. The number of primary amides is 1. The van der Waals surface area contributed by atoms with Crippen molar-refractivity contribution in [3.63, 3.8) is 0 Å². The van der Waals surface area contributed by atoms with E-state index in [1.165, 1.54) is 6.07 Å². The number of hydrogen-bond acceptors (Lipinski definition) is 3. The van der Waals surface area contributed by atoms with Gasteiger partial charge in [0.15, 0.2) is 0 Å². The molecule has 0 aliphatic rings. The molecular weight excluding hydrogens is 286 g/mol. The molecule has 0 aliphatic carbocycles. The van der Waals surface area contributed by atoms with Gasteiger partial charge in [-0.3, -0.25) is 9.59 Å². The van der Waals surface area contributed by atoms with E-state index in [0.717, 1.165) is 0 Å². The number of carboxylic acids is 1. The molecule has 3 amide bonds. The number of urea groups is 1. The van der Waals surface area contributed by atoms with E-state index in [1.54, 1.807) is 25.1 Å². The molecule has 1 rings (SSSR count). The van der Waals surface area contributed by atoms with Crippen molar-refractivity contribution in [1.82, 2.24) is 5.32 Å². The Labute approximate surface area is 128 Å². The average molecular weight is 307 g/mol. The summed E-state index contributed by atoms with van der Waals surface area (Å²) < 4.78 is 0. The molecule has 1 aromatic rings. The molecule has 1 atom stereocenters. The van der Waals surface area contributed by atoms with Crippen LogP contribution in [0.3, 0.4) is 0 Å². The Morgan fingerprint density at radius 1 is 1.32 bits per heavy atom. The quantitative estimate of drug-likeness (QED) is 0.640. The number of nitrogens with two attached hydrogens (primary N) is 1. The molecule has 5 N–H and O–H groups in total. The van der Waals surface area contributed by atoms with Gasteiger partial charge >= 0.3 is 12.0 Å². The number of nitrogens with one attached hydrogen (secondary N) is 2. The van der Waals surface area contributed by atoms with Crippen molar-refractivity contribution in [3.05, 3.63) is 29.8 Å². The van der Waals surface area contributed by atoms with Crippen molar-refractivity contribution < 1.29 is 19.5 Å². The first-order valence-corrected chi connectivity index (χ1v) is 6.85. The molecule has 0 radical (unpaired) electrons. The summed E-state index contributed by atoms with van der Waals surface area (Å²) in [6.07, 6.45) is -0.185. The molecule has 0 aromatic heterocycles. The van der Waals surface area contributed by atoms with Crippen molar-refractivity contribution in [1.29, 1.82) is 0 Å². The summed E-state index contributed by atoms with van der Waals surface area (Å²) in [5.74, 6) is -1.47. The Morgan fingerprint density at radius 2 is 1.95 bits per heavy atom. The maximum absolute atomic E-state index is 12.3. The van der Waals surface area contributed by atoms with Crippen LogP contribution in [0.5, 0.6) is 0 Å². The summed E-state index contributed by atoms with van der Waals surface area (Å²) >= 11 is 0. The van der Waals surface area contributed by atoms with E-state index in [2.05, 4.69) is 10.6 Å². The molecule has 0 bridgehead atoms. The Kier molecular flexibility index (Phi) is 5.50. The van der Waals surface area contributed by atoms with Gasteiger partial charge in [-0.05, 0) is 31.0 Å². The summed E-state index contributed by atoms with van der Waals surface area (Å²) in [6, 6.07) is 5.52. The minimum absolute atomic E-state index is 0.0699. The second-order valence-corrected chi connectivity index (χ2v) is 5.67. The van der Waals surface area contributed by atoms with Gasteiger partial charge in [-0.1, -0.05) is 19.9 Å². The highest BCUT2D eigenvalue weighted by molar-refractivity contribution is 5.97. The lowest BCUT2D eigenvalue weighted by Gasteiger charge is -2.33. The number of rotatable bonds is 6. The van der Waals surface area contributed by atoms with Crippen molar-refractivity contribution in [2.75, 3.05) is 5.32 Å². The monoisotopic (exact) mass is 307 g/mol. The van der Waals surface area contributed by atoms with E-state index in [-0.39, 0.29) is 12.3 Å². The zero-order valence-corrected chi connectivity index (χ0v) is 12.8. The highest BCUT2D eigenvalue weighted by atomic mass is 16.4. The van der Waals surface area contributed by atoms with Gasteiger partial charge in [0.25, 0.3) is 5.91 Å². The fourth-order valence-electron chi connectivity index (χ4n) is 1.92. The number of hydrogen-bond donors (Lipinski definition) is 4. The molecule has 0 saturated carbocycles. The third-order valence-electron chi connectivity index (χ3n) is 3.58. The Morgan fingerprint density at radius 3 is 2.45 bits per heavy atom. The van der Waals surface area contributed by atoms with Gasteiger partial charge in [0.2, 0.25) is 0 Å². The van der Waals surface area contributed by atoms with Gasteiger partial charge in [-0.25, -0.2) is 4.79 Å². The molecule has 0 fully saturated rings. The number of carbonyl (C=O) groups is 3. The molecule has 120 valence electrons. The second kappa shape index (κ2) is 6.93. The van der Waals surface area contributed by atoms with Gasteiger partial charge < -0.3 is 21.5 Å². The van der Waals surface area contributed by atoms with E-state index < -0.39 is 23.4 Å². The smallest absolute Gasteiger partial charge is 0.316 e. The van der Waals surface area contributed by atoms with Crippen molar-refractivity contribution in [2.24, 2.45) is 11.7 Å². The van der Waals surface area contributed by atoms with E-state index in [0.29, 0.717) is 11.3 Å². The van der Waals surface area contributed by atoms with Gasteiger partial charge in [-0.15, -0.1) is 0 Å². The molecule has 0 spiro atoms. The number of anilines is 1. The summed E-state index contributed by atoms with van der Waals surface area (Å²) in [7, 11) is 0. The van der Waals surface area contributed by atoms with Gasteiger partial charge in [-0.2, -0.15) is 0 Å². The van der Waals surface area contributed by atoms with E-state index in [9.17, 15) is 14.4 Å². The van der Waals surface area contributed by atoms with Gasteiger partial charge in [0, 0.05) is 11.3 Å². The summed E-state index contributed by atoms with van der Waals surface area (Å²) in [5.41, 5.74) is 4.85. The van der Waals surface area contributed by atoms with Crippen LogP contribution in [0.25, 0.3) is 0 Å². The van der Waals surface area contributed by atoms with Crippen LogP contribution < -0.4 is 16.4 Å². The van der Waals surface area contributed by atoms with Crippen LogP contribution in [0.2, 0.25) is 0 Å². The zero-order chi connectivity index (χ0) is 16.9. The van der Waals surface area contributed by atoms with Crippen LogP contribution in [-0.4, -0.2) is 28.6 Å². The number of carboxylic acid groups (broad SMARTS) is 1. The zero-order valence-electron chi connectivity index (χ0n) is 12.8. The lowest BCUT2D eigenvalue weighted by Crippen LogP contribution is -2.51. The molecular formula is C15H21N3O4. The van der Waals surface area contributed by atoms with Crippen LogP contribution in [0, 0.1) is 5.92 Å². The van der Waals surface area contributed by atoms with Crippen LogP contribution in [0.4, 0.5) is 10.5 Å². The highest BCUT2D eigenvalue weighted by Gasteiger charge is 2.33. The Hall–Kier alpha value is -2.57. The number of aliphatic carboxylic acids is 1. The van der Waals surface area contributed by atoms with Crippen LogP contribution >= 0.6 is 0 Å². The molecule has 1 aromatic carbocycles. The molecule has 0 heterocycles. The number of amides is 3. The van der Waals surface area contributed by atoms with Crippen molar-refractivity contribution in [3.8, 4) is 0 Å². The van der Waals surface area contributed by atoms with Gasteiger partial charge in [0.05, 0.1) is 12.0 Å². The van der Waals surface area contributed by atoms with Crippen LogP contribution in [0.15, 0.2) is 24.3 Å². The Balaban J connectivity index is 2.95. The topological polar surface area (TPSA) is 122 Å². The third kappa shape index (κ3) is 4.76. The predicted molar refractivity (Wildman–Crippen MR) is 82.6 cm³/mol. The van der Waals surface area contributed by atoms with E-state index in [1.807, 2.05) is 13.8 Å². The highest BCUT2D eigenvalue weighted by Crippen LogP contribution is 2.22. The lowest BCUT2D eigenvalue weighted by atomic mass is 9.85. The van der Waals surface area contributed by atoms with Crippen molar-refractivity contribution in [2.45, 2.75) is 32.7 Å². The normalized spacial score (nSPS) is 13.3. The van der Waals surface area contributed by atoms with E-state index >= 15 is 0 Å². The molecule has 22 heavy (non-hydrogen) atoms. The minimum Gasteiger partial charge on any atom is -0.481 e. The molecule has 7 nitrogen and oxygen atoms in total. The first-order valence-electron chi connectivity index (χ1n) is 6.85. The van der Waals surface area contributed by atoms with Gasteiger partial charge in [0.1, 0.15) is 0 Å². The summed E-state index contributed by atoms with van der Waals surface area (Å²) in [6.45, 7) is 5.37. The molecule has 0 aliphatic heterocycles. The SMILES string of the molecule is CC(C)C(C)(CC(=O)O)NC(=O)c1cccc(NC(N)=O)c1. The number of benzene rings is 1. The fraction of sp³-hybridized carbons (Fsp3) is 0.400. The second-order valence-electron chi connectivity index (χ2n) is 5.67. The van der Waals surface area contributed by atoms with Crippen LogP contribution in [0.1, 0.15) is 37.6 Å². The summed E-state index contributed by atoms with van der Waals surface area (Å²) in [4.78, 5) is 34.2. The lowest BCUT2D eigenvalue weighted by molar-refractivity contribution is -0.138. The van der Waals surface area contributed by atoms with E-state index in [4.69, 9.17) is 10.8 Å². The number of carbonyl (C=O) groups excluding carboxylic acids is 2. The van der Waals surface area contributed by atoms with Crippen LogP contribution in [-0.2, 0) is 4.79 Å². The largest absolute Gasteiger partial charge is 0.481 e. The van der Waals surface area contributed by atoms with Crippen molar-refractivity contribution >= 4 is 23.6 Å². The first kappa shape index (κ1) is 17.5. The minimum atomic E-state index is -0.986. The molecule has 1 unspecified atom stereocenters. The Bertz CT molecular complexity index is 586. The molecule has 7 heteroatoms. The predicted octanol–water partition coefficient (Wildman–Crippen LogP) is 1.80. The summed E-state index contributed by atoms with van der Waals surface area (Å²) in [5, 5.41) is 14.2. The standard InChI is InChI=1S/C15H21N3O4/c1-9(2)15(3,8-12(19)20)18-13(21)10-5-4-6-11(7-10)17-14(16)22/h4-7,9H,8H2,1-3H3,(H,18,21)(H,19,20)(H3,16,17,22).